The fraction of sp³-hybridized carbons (Fsp3) is 0.929. The first-order valence-electron chi connectivity index (χ1n) is 13.9. The van der Waals surface area contributed by atoms with Crippen LogP contribution in [0, 0.1) is 0 Å². The van der Waals surface area contributed by atoms with E-state index in [9.17, 15) is 0 Å². The molecule has 0 aromatic carbocycles. The molecule has 180 valence electrons. The van der Waals surface area contributed by atoms with Gasteiger partial charge in [0.1, 0.15) is 0 Å². The third kappa shape index (κ3) is 27.5. The lowest BCUT2D eigenvalue weighted by molar-refractivity contribution is 0.288. The Balaban J connectivity index is 3.02. The summed E-state index contributed by atoms with van der Waals surface area (Å²) in [6.45, 7) is 3.46. The van der Waals surface area contributed by atoms with E-state index in [4.69, 9.17) is 5.11 Å². The Hall–Kier alpha value is -0.500. The highest BCUT2D eigenvalue weighted by Crippen LogP contribution is 2.15. The lowest BCUT2D eigenvalue weighted by Crippen LogP contribution is -2.07. The maximum Gasteiger partial charge on any atom is 0.0447 e. The molecule has 0 bridgehead atoms. The van der Waals surface area contributed by atoms with E-state index in [0.29, 0.717) is 0 Å². The SMILES string of the molecule is CCCCCCCCCCCCCCCCCCCCCCCC=CNCCCO. The molecule has 0 heterocycles. The molecule has 0 spiro atoms. The number of aliphatic hydroxyl groups excluding tert-OH is 1. The Kier molecular flexibility index (Phi) is 28.0. The van der Waals surface area contributed by atoms with E-state index in [1.54, 1.807) is 0 Å². The van der Waals surface area contributed by atoms with E-state index in [-0.39, 0.29) is 6.61 Å². The molecule has 0 radical (unpaired) electrons. The van der Waals surface area contributed by atoms with Crippen molar-refractivity contribution in [2.24, 2.45) is 0 Å². The van der Waals surface area contributed by atoms with Crippen molar-refractivity contribution in [3.8, 4) is 0 Å². The Morgan fingerprint density at radius 3 is 1.23 bits per heavy atom. The summed E-state index contributed by atoms with van der Waals surface area (Å²) in [5.74, 6) is 0. The number of allylic oxidation sites excluding steroid dienone is 1. The van der Waals surface area contributed by atoms with Crippen LogP contribution in [0.5, 0.6) is 0 Å². The van der Waals surface area contributed by atoms with Gasteiger partial charge in [0, 0.05) is 13.2 Å². The van der Waals surface area contributed by atoms with Gasteiger partial charge in [0.2, 0.25) is 0 Å². The van der Waals surface area contributed by atoms with Gasteiger partial charge in [-0.05, 0) is 25.5 Å². The first-order valence-corrected chi connectivity index (χ1v) is 13.9. The quantitative estimate of drug-likeness (QED) is 0.136. The highest BCUT2D eigenvalue weighted by atomic mass is 16.3. The number of hydrogen-bond acceptors (Lipinski definition) is 2. The molecule has 0 amide bonds. The van der Waals surface area contributed by atoms with Crippen LogP contribution in [0.2, 0.25) is 0 Å². The zero-order valence-electron chi connectivity index (χ0n) is 20.8. The minimum Gasteiger partial charge on any atom is -0.396 e. The van der Waals surface area contributed by atoms with E-state index in [1.807, 2.05) is 6.20 Å². The second kappa shape index (κ2) is 28.5. The van der Waals surface area contributed by atoms with Crippen LogP contribution in [0.15, 0.2) is 12.3 Å². The number of hydrogen-bond donors (Lipinski definition) is 2. The van der Waals surface area contributed by atoms with Gasteiger partial charge < -0.3 is 10.4 Å². The Labute approximate surface area is 190 Å². The molecule has 0 fully saturated rings. The topological polar surface area (TPSA) is 32.3 Å². The average molecular weight is 424 g/mol. The van der Waals surface area contributed by atoms with Crippen molar-refractivity contribution in [1.29, 1.82) is 0 Å². The zero-order valence-corrected chi connectivity index (χ0v) is 20.8. The standard InChI is InChI=1S/C28H57NO/c1-2-3-4-5-6-7-8-9-10-11-12-13-14-15-16-17-18-19-20-21-22-23-24-26-29-27-25-28-30/h24,26,29-30H,2-23,25,27-28H2,1H3. The molecule has 0 saturated carbocycles. The smallest absolute Gasteiger partial charge is 0.0447 e. The van der Waals surface area contributed by atoms with E-state index in [0.717, 1.165) is 13.0 Å². The van der Waals surface area contributed by atoms with Crippen molar-refractivity contribution in [1.82, 2.24) is 5.32 Å². The van der Waals surface area contributed by atoms with Gasteiger partial charge in [0.25, 0.3) is 0 Å². The largest absolute Gasteiger partial charge is 0.396 e. The third-order valence-corrected chi connectivity index (χ3v) is 6.19. The molecule has 2 N–H and O–H groups in total. The van der Waals surface area contributed by atoms with Crippen LogP contribution in [0.3, 0.4) is 0 Å². The summed E-state index contributed by atoms with van der Waals surface area (Å²) in [4.78, 5) is 0. The zero-order chi connectivity index (χ0) is 21.8. The van der Waals surface area contributed by atoms with Gasteiger partial charge in [-0.15, -0.1) is 0 Å². The first kappa shape index (κ1) is 29.5. The molecule has 0 aliphatic carbocycles. The fourth-order valence-corrected chi connectivity index (χ4v) is 4.13. The van der Waals surface area contributed by atoms with E-state index >= 15 is 0 Å². The Morgan fingerprint density at radius 1 is 0.500 bits per heavy atom. The van der Waals surface area contributed by atoms with Crippen LogP contribution >= 0.6 is 0 Å². The molecule has 2 heteroatoms. The normalized spacial score (nSPS) is 11.5. The molecule has 0 atom stereocenters. The van der Waals surface area contributed by atoms with Gasteiger partial charge in [-0.2, -0.15) is 0 Å². The summed E-state index contributed by atoms with van der Waals surface area (Å²) in [5, 5.41) is 11.9. The van der Waals surface area contributed by atoms with E-state index < -0.39 is 0 Å². The molecule has 0 rings (SSSR count). The summed E-state index contributed by atoms with van der Waals surface area (Å²) in [5.41, 5.74) is 0. The fourth-order valence-electron chi connectivity index (χ4n) is 4.13. The van der Waals surface area contributed by atoms with Crippen molar-refractivity contribution < 1.29 is 5.11 Å². The predicted molar refractivity (Wildman–Crippen MR) is 136 cm³/mol. The molecular weight excluding hydrogens is 366 g/mol. The molecule has 0 saturated heterocycles. The van der Waals surface area contributed by atoms with Gasteiger partial charge in [-0.3, -0.25) is 0 Å². The molecule has 0 unspecified atom stereocenters. The van der Waals surface area contributed by atoms with Crippen LogP contribution in [0.1, 0.15) is 155 Å². The molecular formula is C28H57NO. The van der Waals surface area contributed by atoms with Crippen molar-refractivity contribution in [2.45, 2.75) is 155 Å². The van der Waals surface area contributed by atoms with Gasteiger partial charge in [0.15, 0.2) is 0 Å². The second-order valence-corrected chi connectivity index (χ2v) is 9.29. The third-order valence-electron chi connectivity index (χ3n) is 6.19. The molecule has 0 aliphatic heterocycles. The van der Waals surface area contributed by atoms with Gasteiger partial charge >= 0.3 is 0 Å². The van der Waals surface area contributed by atoms with Crippen LogP contribution < -0.4 is 5.32 Å². The lowest BCUT2D eigenvalue weighted by atomic mass is 10.0. The second-order valence-electron chi connectivity index (χ2n) is 9.29. The van der Waals surface area contributed by atoms with E-state index in [1.165, 1.54) is 141 Å². The number of unbranched alkanes of at least 4 members (excludes halogenated alkanes) is 21. The Bertz CT molecular complexity index is 316. The van der Waals surface area contributed by atoms with Crippen molar-refractivity contribution in [3.63, 3.8) is 0 Å². The maximum atomic E-state index is 8.69. The summed E-state index contributed by atoms with van der Waals surface area (Å²) >= 11 is 0. The molecule has 2 nitrogen and oxygen atoms in total. The molecule has 0 aliphatic rings. The minimum atomic E-state index is 0.278. The average Bonchev–Trinajstić information content (AvgIpc) is 2.76. The summed E-state index contributed by atoms with van der Waals surface area (Å²) < 4.78 is 0. The number of rotatable bonds is 26. The van der Waals surface area contributed by atoms with Gasteiger partial charge in [0.05, 0.1) is 0 Å². The summed E-state index contributed by atoms with van der Waals surface area (Å²) in [6.07, 6.45) is 36.6. The van der Waals surface area contributed by atoms with Gasteiger partial charge in [-0.25, -0.2) is 0 Å². The highest BCUT2D eigenvalue weighted by Gasteiger charge is 1.95. The van der Waals surface area contributed by atoms with E-state index in [2.05, 4.69) is 18.3 Å². The van der Waals surface area contributed by atoms with Crippen LogP contribution in [0.4, 0.5) is 0 Å². The summed E-state index contributed by atoms with van der Waals surface area (Å²) in [6, 6.07) is 0. The van der Waals surface area contributed by atoms with Crippen molar-refractivity contribution in [2.75, 3.05) is 13.2 Å². The Morgan fingerprint density at radius 2 is 0.867 bits per heavy atom. The predicted octanol–water partition coefficient (Wildman–Crippen LogP) is 9.07. The minimum absolute atomic E-state index is 0.278. The molecule has 0 aromatic heterocycles. The number of aliphatic hydroxyl groups is 1. The maximum absolute atomic E-state index is 8.69. The number of nitrogens with one attached hydrogen (secondary N) is 1. The van der Waals surface area contributed by atoms with Crippen molar-refractivity contribution >= 4 is 0 Å². The monoisotopic (exact) mass is 423 g/mol. The van der Waals surface area contributed by atoms with Crippen LogP contribution in [-0.2, 0) is 0 Å². The van der Waals surface area contributed by atoms with Gasteiger partial charge in [-0.1, -0.05) is 141 Å². The lowest BCUT2D eigenvalue weighted by Gasteiger charge is -2.04. The molecule has 30 heavy (non-hydrogen) atoms. The highest BCUT2D eigenvalue weighted by molar-refractivity contribution is 4.78. The van der Waals surface area contributed by atoms with Crippen LogP contribution in [-0.4, -0.2) is 18.3 Å². The van der Waals surface area contributed by atoms with Crippen molar-refractivity contribution in [3.05, 3.63) is 12.3 Å². The van der Waals surface area contributed by atoms with Crippen LogP contribution in [0.25, 0.3) is 0 Å². The first-order chi connectivity index (χ1) is 14.9. The summed E-state index contributed by atoms with van der Waals surface area (Å²) in [7, 11) is 0. The molecule has 0 aromatic rings.